The van der Waals surface area contributed by atoms with Crippen LogP contribution in [0.2, 0.25) is 0 Å². The highest BCUT2D eigenvalue weighted by molar-refractivity contribution is 6.18. The predicted molar refractivity (Wildman–Crippen MR) is 596 cm³/mol. The second-order valence-corrected chi connectivity index (χ2v) is 36.6. The minimum absolute atomic E-state index is 0.582. The third-order valence-electron chi connectivity index (χ3n) is 27.6. The lowest BCUT2D eigenvalue weighted by atomic mass is 9.99. The van der Waals surface area contributed by atoms with Crippen LogP contribution in [0.15, 0.2) is 488 Å². The van der Waals surface area contributed by atoms with E-state index in [1.807, 2.05) is 341 Å². The maximum Gasteiger partial charge on any atom is 0.164 e. The van der Waals surface area contributed by atoms with Crippen molar-refractivity contribution in [1.82, 2.24) is 88.5 Å². The number of rotatable bonds is 15. The van der Waals surface area contributed by atoms with Crippen LogP contribution in [0.4, 0.5) is 0 Å². The predicted octanol–water partition coefficient (Wildman–Crippen LogP) is 31.0. The smallest absolute Gasteiger partial charge is 0.164 e. The van der Waals surface area contributed by atoms with E-state index >= 15 is 0 Å². The maximum absolute atomic E-state index is 6.42. The first-order chi connectivity index (χ1) is 74.3. The minimum Gasteiger partial charge on any atom is -0.456 e. The largest absolute Gasteiger partial charge is 0.456 e. The molecule has 0 spiro atoms. The third-order valence-corrected chi connectivity index (χ3v) is 27.6. The molecule has 0 bridgehead atoms. The zero-order valence-electron chi connectivity index (χ0n) is 79.8. The molecule has 14 aromatic heterocycles. The number of aromatic nitrogens is 18. The van der Waals surface area contributed by atoms with Gasteiger partial charge in [0.25, 0.3) is 0 Å². The third kappa shape index (κ3) is 15.6. The van der Waals surface area contributed by atoms with Gasteiger partial charge in [-0.3, -0.25) is 19.5 Å². The number of furan rings is 3. The number of fused-ring (bicyclic) bond motifs is 18. The number of nitrogens with zero attached hydrogens (tertiary/aromatic N) is 18. The van der Waals surface area contributed by atoms with E-state index in [0.717, 1.165) is 232 Å². The first-order valence-electron chi connectivity index (χ1n) is 49.2. The summed E-state index contributed by atoms with van der Waals surface area (Å²) in [4.78, 5) is 72.8. The normalized spacial score (nSPS) is 11.6. The zero-order valence-corrected chi connectivity index (χ0v) is 79.8. The van der Waals surface area contributed by atoms with Gasteiger partial charge in [-0.2, -0.15) is 0 Å². The Labute approximate surface area is 855 Å². The molecule has 30 aromatic rings. The van der Waals surface area contributed by atoms with Crippen molar-refractivity contribution in [3.63, 3.8) is 0 Å². The fraction of sp³-hybridized carbons (Fsp3) is 0. The summed E-state index contributed by atoms with van der Waals surface area (Å²) in [6, 6.07) is 143. The van der Waals surface area contributed by atoms with Gasteiger partial charge in [0.05, 0.1) is 57.4 Å². The molecule has 30 rings (SSSR count). The highest BCUT2D eigenvalue weighted by Crippen LogP contribution is 2.46. The zero-order chi connectivity index (χ0) is 99.1. The van der Waals surface area contributed by atoms with Crippen LogP contribution in [-0.2, 0) is 0 Å². The Morgan fingerprint density at radius 1 is 0.180 bits per heavy atom. The summed E-state index contributed by atoms with van der Waals surface area (Å²) in [6.07, 6.45) is 14.9. The first kappa shape index (κ1) is 86.9. The van der Waals surface area contributed by atoms with E-state index in [4.69, 9.17) is 73.1 Å². The average Bonchev–Trinajstić information content (AvgIpc) is 1.54. The molecule has 0 aliphatic heterocycles. The molecule has 0 unspecified atom stereocenters. The van der Waals surface area contributed by atoms with Gasteiger partial charge in [0.1, 0.15) is 45.5 Å². The average molecular weight is 1930 g/mol. The Morgan fingerprint density at radius 2 is 0.527 bits per heavy atom. The van der Waals surface area contributed by atoms with Crippen molar-refractivity contribution >= 4 is 131 Å². The van der Waals surface area contributed by atoms with Crippen LogP contribution in [-0.4, -0.2) is 88.5 Å². The Kier molecular flexibility index (Phi) is 21.3. The lowest BCUT2D eigenvalue weighted by Gasteiger charge is -2.09. The number of hydrogen-bond acceptors (Lipinski definition) is 18. The number of benzene rings is 16. The molecule has 0 saturated carbocycles. The molecule has 0 N–H and O–H groups in total. The molecule has 0 fully saturated rings. The van der Waals surface area contributed by atoms with Crippen LogP contribution < -0.4 is 0 Å². The second kappa shape index (κ2) is 36.8. The first-order valence-corrected chi connectivity index (χ1v) is 49.2. The topological polar surface area (TPSA) is 248 Å². The van der Waals surface area contributed by atoms with Crippen molar-refractivity contribution in [3.8, 4) is 153 Å². The van der Waals surface area contributed by atoms with Crippen LogP contribution in [0.25, 0.3) is 285 Å². The van der Waals surface area contributed by atoms with Gasteiger partial charge >= 0.3 is 0 Å². The Hall–Kier alpha value is -21.0. The van der Waals surface area contributed by atoms with Crippen molar-refractivity contribution in [3.05, 3.63) is 474 Å². The Bertz CT molecular complexity index is 9360. The molecule has 0 atom stereocenters. The fourth-order valence-electron chi connectivity index (χ4n) is 20.6. The lowest BCUT2D eigenvalue weighted by Crippen LogP contribution is -2.00. The quantitative estimate of drug-likeness (QED) is 0.0925. The molecule has 150 heavy (non-hydrogen) atoms. The molecular weight excluding hydrogens is 1850 g/mol. The summed E-state index contributed by atoms with van der Waals surface area (Å²) < 4.78 is 25.9. The van der Waals surface area contributed by atoms with E-state index < -0.39 is 0 Å². The molecule has 0 amide bonds. The number of hydrogen-bond donors (Lipinski definition) is 0. The summed E-state index contributed by atoms with van der Waals surface area (Å²) in [6.45, 7) is 0. The number of para-hydroxylation sites is 3. The van der Waals surface area contributed by atoms with Gasteiger partial charge in [-0.05, 0) is 150 Å². The SMILES string of the molecule is c1ccc(-c2nc(-c3ccccc3)nc(-c3cccc4oc5ccc(-c6cc7c8ccncc8n(-c8ccccc8)c7cn6)cc5c34)n2)cc1.c1ccc(-c2nc(-c3ccccc3)nc(-c3cccc4oc5ccc(-c6ccc7c(c6)c6ncncc6n7-c6ccccc6)cc5c34)n2)cc1.c1ccc(-c2nc(-c3ccccc3)nc(-c3cccc4oc5ccc(-c6cnc7c(c6)c6cnccc6n7-c6ccccc6)cc5c34)n2)cc1. The van der Waals surface area contributed by atoms with Crippen LogP contribution in [0.5, 0.6) is 0 Å². The summed E-state index contributed by atoms with van der Waals surface area (Å²) in [5.41, 5.74) is 29.0. The highest BCUT2D eigenvalue weighted by Gasteiger charge is 2.27. The van der Waals surface area contributed by atoms with E-state index in [1.165, 1.54) is 0 Å². The highest BCUT2D eigenvalue weighted by atomic mass is 16.3. The van der Waals surface area contributed by atoms with E-state index in [9.17, 15) is 0 Å². The van der Waals surface area contributed by atoms with Crippen molar-refractivity contribution < 1.29 is 13.3 Å². The van der Waals surface area contributed by atoms with Gasteiger partial charge in [-0.25, -0.2) is 59.8 Å². The number of pyridine rings is 4. The molecule has 21 nitrogen and oxygen atoms in total. The molecule has 21 heteroatoms. The Balaban J connectivity index is 0.000000108. The van der Waals surface area contributed by atoms with E-state index in [2.05, 4.69) is 156 Å². The van der Waals surface area contributed by atoms with Gasteiger partial charge in [0.2, 0.25) is 0 Å². The standard InChI is InChI=1S/3C43H26N6O/c1-4-11-27(12-5-1)41-46-42(28-13-6-2-7-14-28)48-43(47-41)32-17-10-18-38-39(32)34-24-30(20-22-37(34)50-38)29-19-21-35-33(23-29)40-36(25-44-26-45-40)49(35)31-15-8-3-9-16-31;1-4-11-27(12-5-1)40-46-41(28-13-6-2-7-14-28)48-42(47-40)32-17-10-18-38-39(32)34-23-29(19-20-37(34)50-38)30-24-33-35-26-44-22-21-36(35)49(43(33)45-25-30)31-15-8-3-9-16-31;1-4-11-27(12-5-1)41-46-42(28-13-6-2-7-14-28)48-43(47-41)32-17-10-18-39-40(32)34-23-29(19-20-38(34)50-39)35-24-33-31-21-22-44-25-36(31)49(37(33)26-45-35)30-15-8-3-9-16-30/h3*1-26H. The maximum atomic E-state index is 6.42. The molecule has 0 radical (unpaired) electrons. The summed E-state index contributed by atoms with van der Waals surface area (Å²) >= 11 is 0. The van der Waals surface area contributed by atoms with Crippen LogP contribution >= 0.6 is 0 Å². The molecular formula is C129H78N18O3. The van der Waals surface area contributed by atoms with Crippen molar-refractivity contribution in [1.29, 1.82) is 0 Å². The summed E-state index contributed by atoms with van der Waals surface area (Å²) in [7, 11) is 0. The molecule has 0 aliphatic rings. The van der Waals surface area contributed by atoms with E-state index in [0.29, 0.717) is 52.4 Å². The van der Waals surface area contributed by atoms with Crippen LogP contribution in [0.1, 0.15) is 0 Å². The van der Waals surface area contributed by atoms with Gasteiger partial charge in [0, 0.05) is 162 Å². The molecule has 702 valence electrons. The minimum atomic E-state index is 0.582. The van der Waals surface area contributed by atoms with E-state index in [1.54, 1.807) is 6.33 Å². The van der Waals surface area contributed by atoms with Gasteiger partial charge in [0.15, 0.2) is 52.4 Å². The Morgan fingerprint density at radius 3 is 0.973 bits per heavy atom. The lowest BCUT2D eigenvalue weighted by molar-refractivity contribution is 0.668. The van der Waals surface area contributed by atoms with Gasteiger partial charge < -0.3 is 22.4 Å². The van der Waals surface area contributed by atoms with Crippen molar-refractivity contribution in [2.45, 2.75) is 0 Å². The molecule has 14 heterocycles. The van der Waals surface area contributed by atoms with E-state index in [-0.39, 0.29) is 0 Å². The van der Waals surface area contributed by atoms with Crippen LogP contribution in [0, 0.1) is 0 Å². The second-order valence-electron chi connectivity index (χ2n) is 36.6. The molecule has 0 aliphatic carbocycles. The van der Waals surface area contributed by atoms with Crippen LogP contribution in [0.3, 0.4) is 0 Å². The fourth-order valence-corrected chi connectivity index (χ4v) is 20.6. The van der Waals surface area contributed by atoms with Crippen molar-refractivity contribution in [2.75, 3.05) is 0 Å². The molecule has 16 aromatic carbocycles. The molecule has 0 saturated heterocycles. The van der Waals surface area contributed by atoms with Gasteiger partial charge in [-0.15, -0.1) is 0 Å². The monoisotopic (exact) mass is 1930 g/mol. The van der Waals surface area contributed by atoms with Gasteiger partial charge in [-0.1, -0.05) is 291 Å². The summed E-state index contributed by atoms with van der Waals surface area (Å²) in [5.74, 6) is 5.44. The summed E-state index contributed by atoms with van der Waals surface area (Å²) in [5, 5.41) is 11.2. The van der Waals surface area contributed by atoms with Crippen molar-refractivity contribution in [2.24, 2.45) is 0 Å².